The molecule has 24 heteroatoms. The molecule has 0 aliphatic carbocycles. The molecule has 4 aromatic rings. The van der Waals surface area contributed by atoms with Gasteiger partial charge in [-0.3, -0.25) is 0 Å². The summed E-state index contributed by atoms with van der Waals surface area (Å²) >= 11 is 16.4. The zero-order valence-electron chi connectivity index (χ0n) is 32.7. The van der Waals surface area contributed by atoms with Crippen molar-refractivity contribution in [2.75, 3.05) is 31.5 Å². The third-order valence-electron chi connectivity index (χ3n) is 9.57. The van der Waals surface area contributed by atoms with Crippen molar-refractivity contribution in [3.63, 3.8) is 0 Å². The molecule has 6 rings (SSSR count). The standard InChI is InChI=1S/C20H20Br2FN5O3S.C19H18Br3N5O3S/c21-14-5-6-17(22)19(7-14)32(30,31)27-15-8-16(28(11-15)12-24)10-26-20(29)25-9-13-3-1-2-4-18(13)23;20-12-2-1-3-14(6-12)25-19(28)24-9-16-8-15(10-27(16)11-23)26-31(29,30)18-7-13(21)4-5-17(18)22/h1-7,15-16,27H,8-11H2,(H2,25,26,29);1-7,15-16,26H,8-10H2,(H2,24,25,28)/t2*15-,16-/m11/s1. The van der Waals surface area contributed by atoms with Crippen LogP contribution in [0, 0.1) is 28.7 Å². The van der Waals surface area contributed by atoms with Crippen molar-refractivity contribution in [1.29, 1.82) is 10.5 Å². The first-order chi connectivity index (χ1) is 29.9. The van der Waals surface area contributed by atoms with Crippen LogP contribution < -0.4 is 30.7 Å². The average Bonchev–Trinajstić information content (AvgIpc) is 3.82. The molecule has 4 aromatic carbocycles. The number of amides is 4. The molecule has 0 aromatic heterocycles. The van der Waals surface area contributed by atoms with E-state index in [0.29, 0.717) is 42.0 Å². The van der Waals surface area contributed by atoms with Crippen molar-refractivity contribution in [1.82, 2.24) is 35.2 Å². The minimum absolute atomic E-state index is 0.0229. The summed E-state index contributed by atoms with van der Waals surface area (Å²) in [6.45, 7) is 0.766. The molecule has 0 spiro atoms. The molecule has 334 valence electrons. The summed E-state index contributed by atoms with van der Waals surface area (Å²) in [5.41, 5.74) is 0.982. The number of carbonyl (C=O) groups excluding carboxylic acids is 2. The molecule has 2 aliphatic rings. The molecular formula is C39H38Br5FN10O6S2. The van der Waals surface area contributed by atoms with Gasteiger partial charge < -0.3 is 31.1 Å². The lowest BCUT2D eigenvalue weighted by Gasteiger charge is -2.18. The van der Waals surface area contributed by atoms with Crippen LogP contribution in [0.3, 0.4) is 0 Å². The van der Waals surface area contributed by atoms with Crippen molar-refractivity contribution in [3.8, 4) is 12.4 Å². The van der Waals surface area contributed by atoms with Gasteiger partial charge in [-0.2, -0.15) is 10.5 Å². The van der Waals surface area contributed by atoms with Crippen LogP contribution >= 0.6 is 79.6 Å². The molecule has 0 saturated carbocycles. The molecule has 0 unspecified atom stereocenters. The lowest BCUT2D eigenvalue weighted by atomic mass is 10.2. The maximum absolute atomic E-state index is 13.6. The Kier molecular flexibility index (Phi) is 18.2. The highest BCUT2D eigenvalue weighted by molar-refractivity contribution is 9.11. The highest BCUT2D eigenvalue weighted by Crippen LogP contribution is 2.29. The van der Waals surface area contributed by atoms with E-state index in [1.54, 1.807) is 60.7 Å². The van der Waals surface area contributed by atoms with E-state index in [9.17, 15) is 41.3 Å². The maximum Gasteiger partial charge on any atom is 0.319 e. The predicted molar refractivity (Wildman–Crippen MR) is 251 cm³/mol. The first-order valence-electron chi connectivity index (χ1n) is 18.7. The van der Waals surface area contributed by atoms with Crippen LogP contribution in [0.4, 0.5) is 19.7 Å². The van der Waals surface area contributed by atoms with Gasteiger partial charge in [0.05, 0.1) is 21.9 Å². The molecule has 0 radical (unpaired) electrons. The Hall–Kier alpha value is -3.85. The Labute approximate surface area is 406 Å². The molecule has 6 N–H and O–H groups in total. The number of nitrogens with zero attached hydrogens (tertiary/aromatic N) is 4. The summed E-state index contributed by atoms with van der Waals surface area (Å²) < 4.78 is 73.1. The molecule has 2 aliphatic heterocycles. The molecule has 4 atom stereocenters. The van der Waals surface area contributed by atoms with Gasteiger partial charge in [-0.15, -0.1) is 0 Å². The molecule has 4 amide bonds. The minimum Gasteiger partial charge on any atom is -0.336 e. The summed E-state index contributed by atoms with van der Waals surface area (Å²) in [5.74, 6) is -0.411. The fourth-order valence-corrected chi connectivity index (χ4v) is 12.5. The Morgan fingerprint density at radius 2 is 1.14 bits per heavy atom. The highest BCUT2D eigenvalue weighted by Gasteiger charge is 2.36. The van der Waals surface area contributed by atoms with Gasteiger partial charge in [0.2, 0.25) is 20.0 Å². The zero-order valence-corrected chi connectivity index (χ0v) is 42.2. The Bertz CT molecular complexity index is 2620. The number of urea groups is 2. The van der Waals surface area contributed by atoms with Gasteiger partial charge >= 0.3 is 12.1 Å². The summed E-state index contributed by atoms with van der Waals surface area (Å²) in [6.07, 6.45) is 4.84. The number of likely N-dealkylation sites (tertiary alicyclic amines) is 2. The average molecular weight is 1230 g/mol. The molecule has 2 saturated heterocycles. The second-order valence-corrected chi connectivity index (χ2v) is 21.9. The highest BCUT2D eigenvalue weighted by atomic mass is 79.9. The third kappa shape index (κ3) is 14.6. The number of carbonyl (C=O) groups is 2. The number of nitriles is 2. The number of hydrogen-bond donors (Lipinski definition) is 6. The van der Waals surface area contributed by atoms with E-state index in [-0.39, 0.29) is 54.6 Å². The molecule has 16 nitrogen and oxygen atoms in total. The summed E-state index contributed by atoms with van der Waals surface area (Å²) in [5, 5.41) is 29.5. The van der Waals surface area contributed by atoms with Crippen molar-refractivity contribution in [2.45, 2.75) is 53.3 Å². The van der Waals surface area contributed by atoms with Gasteiger partial charge in [0, 0.05) is 78.4 Å². The third-order valence-corrected chi connectivity index (χ3v) is 16.1. The van der Waals surface area contributed by atoms with Crippen molar-refractivity contribution in [2.24, 2.45) is 0 Å². The van der Waals surface area contributed by atoms with Crippen LogP contribution in [-0.2, 0) is 26.6 Å². The number of benzene rings is 4. The summed E-state index contributed by atoms with van der Waals surface area (Å²) in [7, 11) is -7.62. The Morgan fingerprint density at radius 3 is 1.63 bits per heavy atom. The molecule has 63 heavy (non-hydrogen) atoms. The quantitative estimate of drug-likeness (QED) is 0.0748. The molecule has 2 heterocycles. The SMILES string of the molecule is N#CN1C[C@H](NS(=O)(=O)c2cc(Br)ccc2Br)C[C@@H]1CNC(=O)NCc1ccccc1F.N#CN1C[C@H](NS(=O)(=O)c2cc(Br)ccc2Br)C[C@@H]1CNC(=O)Nc1cccc(Br)c1. The smallest absolute Gasteiger partial charge is 0.319 e. The summed E-state index contributed by atoms with van der Waals surface area (Å²) in [4.78, 5) is 27.4. The van der Waals surface area contributed by atoms with E-state index in [2.05, 4.69) is 117 Å². The summed E-state index contributed by atoms with van der Waals surface area (Å²) in [6, 6.07) is 20.4. The van der Waals surface area contributed by atoms with Gasteiger partial charge in [-0.25, -0.2) is 40.3 Å². The van der Waals surface area contributed by atoms with E-state index < -0.39 is 50.0 Å². The monoisotopic (exact) mass is 1220 g/mol. The van der Waals surface area contributed by atoms with E-state index in [0.717, 1.165) is 4.47 Å². The van der Waals surface area contributed by atoms with Crippen molar-refractivity contribution in [3.05, 3.63) is 119 Å². The lowest BCUT2D eigenvalue weighted by molar-refractivity contribution is 0.236. The fraction of sp³-hybridized carbons (Fsp3) is 0.282. The van der Waals surface area contributed by atoms with Crippen LogP contribution in [0.15, 0.2) is 117 Å². The second kappa shape index (κ2) is 22.9. The van der Waals surface area contributed by atoms with Gasteiger partial charge in [0.15, 0.2) is 12.4 Å². The van der Waals surface area contributed by atoms with Gasteiger partial charge in [0.1, 0.15) is 5.82 Å². The minimum atomic E-state index is -3.82. The second-order valence-electron chi connectivity index (χ2n) is 14.1. The van der Waals surface area contributed by atoms with Crippen LogP contribution in [0.1, 0.15) is 18.4 Å². The van der Waals surface area contributed by atoms with Crippen molar-refractivity contribution < 1.29 is 30.8 Å². The largest absolute Gasteiger partial charge is 0.336 e. The number of anilines is 1. The Morgan fingerprint density at radius 1 is 0.651 bits per heavy atom. The molecule has 0 bridgehead atoms. The number of halogens is 6. The van der Waals surface area contributed by atoms with Gasteiger partial charge in [0.25, 0.3) is 0 Å². The fourth-order valence-electron chi connectivity index (χ4n) is 6.61. The van der Waals surface area contributed by atoms with Crippen LogP contribution in [0.5, 0.6) is 0 Å². The van der Waals surface area contributed by atoms with Crippen molar-refractivity contribution >= 4 is 117 Å². The maximum atomic E-state index is 13.6. The lowest BCUT2D eigenvalue weighted by Crippen LogP contribution is -2.42. The number of nitrogens with one attached hydrogen (secondary N) is 6. The number of rotatable bonds is 13. The van der Waals surface area contributed by atoms with E-state index >= 15 is 0 Å². The van der Waals surface area contributed by atoms with Crippen LogP contribution in [-0.4, -0.2) is 89.0 Å². The number of hydrogen-bond acceptors (Lipinski definition) is 10. The van der Waals surface area contributed by atoms with Gasteiger partial charge in [-0.05, 0) is 105 Å². The molecular weight excluding hydrogens is 1190 g/mol. The van der Waals surface area contributed by atoms with E-state index in [1.165, 1.54) is 28.0 Å². The Balaban J connectivity index is 0.000000238. The normalized spacial score (nSPS) is 18.3. The van der Waals surface area contributed by atoms with Crippen LogP contribution in [0.25, 0.3) is 0 Å². The van der Waals surface area contributed by atoms with Crippen LogP contribution in [0.2, 0.25) is 0 Å². The van der Waals surface area contributed by atoms with Gasteiger partial charge in [-0.1, -0.05) is 72.1 Å². The van der Waals surface area contributed by atoms with E-state index in [1.807, 2.05) is 12.3 Å². The topological polar surface area (TPSA) is 229 Å². The number of sulfonamides is 2. The van der Waals surface area contributed by atoms with E-state index in [4.69, 9.17) is 0 Å². The zero-order chi connectivity index (χ0) is 45.9. The predicted octanol–water partition coefficient (Wildman–Crippen LogP) is 7.05. The first-order valence-corrected chi connectivity index (χ1v) is 25.6. The molecule has 2 fully saturated rings. The first kappa shape index (κ1) is 50.2.